The van der Waals surface area contributed by atoms with E-state index in [-0.39, 0.29) is 24.3 Å². The highest BCUT2D eigenvalue weighted by Crippen LogP contribution is 2.19. The molecule has 18 heavy (non-hydrogen) atoms. The Morgan fingerprint density at radius 1 is 1.44 bits per heavy atom. The number of hydrogen-bond acceptors (Lipinski definition) is 4. The minimum atomic E-state index is -0.462. The molecule has 0 bridgehead atoms. The van der Waals surface area contributed by atoms with Gasteiger partial charge in [0.15, 0.2) is 0 Å². The van der Waals surface area contributed by atoms with E-state index in [1.54, 1.807) is 0 Å². The number of nitrogens with one attached hydrogen (secondary N) is 1. The molecule has 1 fully saturated rings. The zero-order valence-corrected chi connectivity index (χ0v) is 10.5. The van der Waals surface area contributed by atoms with E-state index >= 15 is 0 Å². The first-order valence-electron chi connectivity index (χ1n) is 5.99. The average molecular weight is 248 g/mol. The van der Waals surface area contributed by atoms with Crippen LogP contribution in [0.25, 0.3) is 0 Å². The molecule has 1 aromatic heterocycles. The van der Waals surface area contributed by atoms with Gasteiger partial charge in [-0.25, -0.2) is 9.97 Å². The standard InChI is InChI=1S/C12H16N4O2/c1-3-8(2)11-12(18)16(6-10(17)15-11)9-4-13-7-14-5-9/h4-5,7-8,11H,3,6H2,1-2H3,(H,15,17). The summed E-state index contributed by atoms with van der Waals surface area (Å²) in [6, 6.07) is -0.462. The van der Waals surface area contributed by atoms with E-state index in [2.05, 4.69) is 15.3 Å². The van der Waals surface area contributed by atoms with Gasteiger partial charge in [-0.15, -0.1) is 0 Å². The van der Waals surface area contributed by atoms with E-state index in [4.69, 9.17) is 0 Å². The van der Waals surface area contributed by atoms with Crippen molar-refractivity contribution in [3.05, 3.63) is 18.7 Å². The SMILES string of the molecule is CCC(C)C1NC(=O)CN(c2cncnc2)C1=O. The van der Waals surface area contributed by atoms with Crippen LogP contribution in [0.5, 0.6) is 0 Å². The Balaban J connectivity index is 2.26. The second kappa shape index (κ2) is 5.12. The van der Waals surface area contributed by atoms with E-state index in [1.165, 1.54) is 23.6 Å². The van der Waals surface area contributed by atoms with Crippen molar-refractivity contribution in [3.8, 4) is 0 Å². The van der Waals surface area contributed by atoms with Crippen molar-refractivity contribution in [3.63, 3.8) is 0 Å². The zero-order valence-electron chi connectivity index (χ0n) is 10.5. The molecule has 96 valence electrons. The molecule has 1 N–H and O–H groups in total. The van der Waals surface area contributed by atoms with Crippen molar-refractivity contribution < 1.29 is 9.59 Å². The number of aromatic nitrogens is 2. The van der Waals surface area contributed by atoms with Crippen molar-refractivity contribution in [2.45, 2.75) is 26.3 Å². The lowest BCUT2D eigenvalue weighted by Gasteiger charge is -2.34. The number of anilines is 1. The number of rotatable bonds is 3. The normalized spacial score (nSPS) is 21.7. The van der Waals surface area contributed by atoms with Gasteiger partial charge in [0.05, 0.1) is 18.1 Å². The average Bonchev–Trinajstić information content (AvgIpc) is 2.41. The summed E-state index contributed by atoms with van der Waals surface area (Å²) in [5.74, 6) is -0.142. The molecule has 1 aliphatic rings. The van der Waals surface area contributed by atoms with Crippen LogP contribution in [0.15, 0.2) is 18.7 Å². The molecule has 1 saturated heterocycles. The van der Waals surface area contributed by atoms with Crippen LogP contribution in [0.1, 0.15) is 20.3 Å². The van der Waals surface area contributed by atoms with Crippen molar-refractivity contribution >= 4 is 17.5 Å². The van der Waals surface area contributed by atoms with Crippen LogP contribution in [-0.2, 0) is 9.59 Å². The van der Waals surface area contributed by atoms with Crippen LogP contribution >= 0.6 is 0 Å². The lowest BCUT2D eigenvalue weighted by molar-refractivity contribution is -0.132. The maximum Gasteiger partial charge on any atom is 0.250 e. The molecule has 1 aliphatic heterocycles. The van der Waals surface area contributed by atoms with Gasteiger partial charge in [-0.1, -0.05) is 20.3 Å². The number of amides is 2. The van der Waals surface area contributed by atoms with Gasteiger partial charge in [0.1, 0.15) is 18.9 Å². The molecular weight excluding hydrogens is 232 g/mol. The number of carbonyl (C=O) groups excluding carboxylic acids is 2. The zero-order chi connectivity index (χ0) is 13.1. The smallest absolute Gasteiger partial charge is 0.250 e. The summed E-state index contributed by atoms with van der Waals surface area (Å²) in [5.41, 5.74) is 0.561. The van der Waals surface area contributed by atoms with Gasteiger partial charge >= 0.3 is 0 Å². The van der Waals surface area contributed by atoms with Crippen LogP contribution in [0, 0.1) is 5.92 Å². The first kappa shape index (κ1) is 12.5. The van der Waals surface area contributed by atoms with E-state index < -0.39 is 6.04 Å². The van der Waals surface area contributed by atoms with Crippen LogP contribution in [0.4, 0.5) is 5.69 Å². The second-order valence-corrected chi connectivity index (χ2v) is 4.45. The Morgan fingerprint density at radius 2 is 2.11 bits per heavy atom. The first-order valence-corrected chi connectivity index (χ1v) is 5.99. The number of piperazine rings is 1. The maximum atomic E-state index is 12.3. The monoisotopic (exact) mass is 248 g/mol. The second-order valence-electron chi connectivity index (χ2n) is 4.45. The van der Waals surface area contributed by atoms with Crippen LogP contribution in [-0.4, -0.2) is 34.4 Å². The Hall–Kier alpha value is -1.98. The molecule has 2 amide bonds. The predicted molar refractivity (Wildman–Crippen MR) is 65.8 cm³/mol. The van der Waals surface area contributed by atoms with Crippen molar-refractivity contribution in [2.75, 3.05) is 11.4 Å². The summed E-state index contributed by atoms with van der Waals surface area (Å²) in [5, 5.41) is 2.75. The summed E-state index contributed by atoms with van der Waals surface area (Å²) in [4.78, 5) is 33.2. The molecule has 0 aliphatic carbocycles. The first-order chi connectivity index (χ1) is 8.63. The van der Waals surface area contributed by atoms with Gasteiger partial charge in [0, 0.05) is 0 Å². The third kappa shape index (κ3) is 2.32. The molecule has 0 aromatic carbocycles. The highest BCUT2D eigenvalue weighted by molar-refractivity contribution is 6.06. The van der Waals surface area contributed by atoms with Gasteiger partial charge in [-0.2, -0.15) is 0 Å². The number of nitrogens with zero attached hydrogens (tertiary/aromatic N) is 3. The third-order valence-corrected chi connectivity index (χ3v) is 3.22. The summed E-state index contributed by atoms with van der Waals surface area (Å²) < 4.78 is 0. The van der Waals surface area contributed by atoms with Crippen LogP contribution in [0.2, 0.25) is 0 Å². The maximum absolute atomic E-state index is 12.3. The van der Waals surface area contributed by atoms with Gasteiger partial charge < -0.3 is 5.32 Å². The van der Waals surface area contributed by atoms with E-state index in [0.717, 1.165) is 6.42 Å². The number of hydrogen-bond donors (Lipinski definition) is 1. The Bertz CT molecular complexity index is 449. The molecule has 6 heteroatoms. The summed E-state index contributed by atoms with van der Waals surface area (Å²) >= 11 is 0. The van der Waals surface area contributed by atoms with E-state index in [9.17, 15) is 9.59 Å². The largest absolute Gasteiger partial charge is 0.342 e. The Morgan fingerprint density at radius 3 is 2.72 bits per heavy atom. The fraction of sp³-hybridized carbons (Fsp3) is 0.500. The summed E-state index contributed by atoms with van der Waals surface area (Å²) in [7, 11) is 0. The summed E-state index contributed by atoms with van der Waals surface area (Å²) in [6.07, 6.45) is 5.30. The van der Waals surface area contributed by atoms with Crippen LogP contribution in [0.3, 0.4) is 0 Å². The molecule has 0 spiro atoms. The van der Waals surface area contributed by atoms with Crippen molar-refractivity contribution in [2.24, 2.45) is 5.92 Å². The van der Waals surface area contributed by atoms with Gasteiger partial charge in [-0.3, -0.25) is 14.5 Å². The quantitative estimate of drug-likeness (QED) is 0.837. The minimum absolute atomic E-state index is 0.0269. The van der Waals surface area contributed by atoms with Crippen molar-refractivity contribution in [1.29, 1.82) is 0 Å². The Labute approximate surface area is 105 Å². The predicted octanol–water partition coefficient (Wildman–Crippen LogP) is 0.354. The molecule has 2 unspecified atom stereocenters. The van der Waals surface area contributed by atoms with Gasteiger partial charge in [0.25, 0.3) is 0 Å². The minimum Gasteiger partial charge on any atom is -0.342 e. The lowest BCUT2D eigenvalue weighted by Crippen LogP contribution is -2.60. The molecule has 0 radical (unpaired) electrons. The van der Waals surface area contributed by atoms with E-state index in [0.29, 0.717) is 5.69 Å². The highest BCUT2D eigenvalue weighted by Gasteiger charge is 2.36. The van der Waals surface area contributed by atoms with Crippen LogP contribution < -0.4 is 10.2 Å². The molecule has 2 rings (SSSR count). The fourth-order valence-electron chi connectivity index (χ4n) is 1.94. The van der Waals surface area contributed by atoms with Gasteiger partial charge in [0.2, 0.25) is 11.8 Å². The molecule has 0 saturated carbocycles. The summed E-state index contributed by atoms with van der Waals surface area (Å²) in [6.45, 7) is 3.97. The Kier molecular flexibility index (Phi) is 3.55. The molecular formula is C12H16N4O2. The van der Waals surface area contributed by atoms with E-state index in [1.807, 2.05) is 13.8 Å². The topological polar surface area (TPSA) is 75.2 Å². The molecule has 2 heterocycles. The molecule has 6 nitrogen and oxygen atoms in total. The third-order valence-electron chi connectivity index (χ3n) is 3.22. The molecule has 1 aromatic rings. The number of carbonyl (C=O) groups is 2. The fourth-order valence-corrected chi connectivity index (χ4v) is 1.94. The molecule has 2 atom stereocenters. The highest BCUT2D eigenvalue weighted by atomic mass is 16.2. The van der Waals surface area contributed by atoms with Gasteiger partial charge in [-0.05, 0) is 5.92 Å². The lowest BCUT2D eigenvalue weighted by atomic mass is 9.96. The van der Waals surface area contributed by atoms with Crippen molar-refractivity contribution in [1.82, 2.24) is 15.3 Å².